The number of hydrogen-bond donors (Lipinski definition) is 2. The summed E-state index contributed by atoms with van der Waals surface area (Å²) in [4.78, 5) is 22.8. The van der Waals surface area contributed by atoms with Gasteiger partial charge >= 0.3 is 12.0 Å². The van der Waals surface area contributed by atoms with Gasteiger partial charge in [-0.05, 0) is 43.5 Å². The molecule has 0 unspecified atom stereocenters. The molecule has 1 aromatic rings. The number of nitrogens with one attached hydrogen (secondary N) is 2. The van der Waals surface area contributed by atoms with E-state index in [0.29, 0.717) is 24.5 Å². The van der Waals surface area contributed by atoms with Crippen LogP contribution in [0.25, 0.3) is 5.57 Å². The van der Waals surface area contributed by atoms with E-state index in [1.165, 1.54) is 6.08 Å². The van der Waals surface area contributed by atoms with Gasteiger partial charge in [-0.3, -0.25) is 0 Å². The molecule has 0 fully saturated rings. The average Bonchev–Trinajstić information content (AvgIpc) is 2.47. The third kappa shape index (κ3) is 7.13. The Bertz CT molecular complexity index is 544. The van der Waals surface area contributed by atoms with Crippen molar-refractivity contribution in [1.82, 2.24) is 10.6 Å². The maximum absolute atomic E-state index is 11.7. The van der Waals surface area contributed by atoms with Crippen molar-refractivity contribution in [2.75, 3.05) is 19.7 Å². The highest BCUT2D eigenvalue weighted by atomic mass is 35.5. The van der Waals surface area contributed by atoms with Gasteiger partial charge in [0.2, 0.25) is 0 Å². The topological polar surface area (TPSA) is 67.4 Å². The predicted molar refractivity (Wildman–Crippen MR) is 87.8 cm³/mol. The van der Waals surface area contributed by atoms with Crippen LogP contribution in [-0.2, 0) is 9.53 Å². The summed E-state index contributed by atoms with van der Waals surface area (Å²) in [5, 5.41) is 5.90. The van der Waals surface area contributed by atoms with E-state index in [2.05, 4.69) is 10.6 Å². The Labute approximate surface area is 135 Å². The van der Waals surface area contributed by atoms with Crippen LogP contribution in [0.4, 0.5) is 4.79 Å². The van der Waals surface area contributed by atoms with Crippen molar-refractivity contribution in [2.24, 2.45) is 0 Å². The molecule has 6 heteroatoms. The Morgan fingerprint density at radius 2 is 2.09 bits per heavy atom. The molecular weight excluding hydrogens is 304 g/mol. The summed E-state index contributed by atoms with van der Waals surface area (Å²) >= 11 is 5.91. The Hall–Kier alpha value is -2.01. The van der Waals surface area contributed by atoms with Crippen LogP contribution in [0.3, 0.4) is 0 Å². The van der Waals surface area contributed by atoms with Crippen molar-refractivity contribution in [1.29, 1.82) is 0 Å². The van der Waals surface area contributed by atoms with E-state index in [0.717, 1.165) is 11.1 Å². The molecule has 0 saturated carbocycles. The molecule has 0 atom stereocenters. The lowest BCUT2D eigenvalue weighted by atomic mass is 10.1. The van der Waals surface area contributed by atoms with Crippen molar-refractivity contribution in [3.05, 3.63) is 40.9 Å². The van der Waals surface area contributed by atoms with Gasteiger partial charge in [0.05, 0.1) is 6.61 Å². The minimum atomic E-state index is -0.407. The van der Waals surface area contributed by atoms with E-state index in [1.54, 1.807) is 12.1 Å². The Balaban J connectivity index is 2.31. The number of halogens is 1. The SMILES string of the molecule is CCNC(=O)NCCCOC(=O)/C=C(\C)c1cccc(Cl)c1. The number of hydrogen-bond acceptors (Lipinski definition) is 3. The summed E-state index contributed by atoms with van der Waals surface area (Å²) in [6.07, 6.45) is 2.00. The smallest absolute Gasteiger partial charge is 0.331 e. The zero-order valence-corrected chi connectivity index (χ0v) is 13.6. The molecule has 0 radical (unpaired) electrons. The van der Waals surface area contributed by atoms with Gasteiger partial charge in [0.1, 0.15) is 0 Å². The number of esters is 1. The number of carbonyl (C=O) groups excluding carboxylic acids is 2. The first kappa shape index (κ1) is 18.0. The number of urea groups is 1. The molecule has 0 aromatic heterocycles. The first-order valence-corrected chi connectivity index (χ1v) is 7.53. The molecule has 0 spiro atoms. The zero-order chi connectivity index (χ0) is 16.4. The maximum Gasteiger partial charge on any atom is 0.331 e. The molecule has 0 aliphatic rings. The van der Waals surface area contributed by atoms with E-state index in [9.17, 15) is 9.59 Å². The summed E-state index contributed by atoms with van der Waals surface area (Å²) in [6.45, 7) is 4.95. The lowest BCUT2D eigenvalue weighted by Gasteiger charge is -2.06. The number of carbonyl (C=O) groups is 2. The minimum absolute atomic E-state index is 0.217. The van der Waals surface area contributed by atoms with Crippen molar-refractivity contribution >= 4 is 29.2 Å². The Kier molecular flexibility index (Phi) is 8.07. The molecular formula is C16H21ClN2O3. The molecule has 5 nitrogen and oxygen atoms in total. The predicted octanol–water partition coefficient (Wildman–Crippen LogP) is 3.00. The van der Waals surface area contributed by atoms with E-state index in [-0.39, 0.29) is 12.6 Å². The third-order valence-electron chi connectivity index (χ3n) is 2.80. The van der Waals surface area contributed by atoms with Crippen molar-refractivity contribution in [2.45, 2.75) is 20.3 Å². The van der Waals surface area contributed by atoms with E-state index in [1.807, 2.05) is 26.0 Å². The third-order valence-corrected chi connectivity index (χ3v) is 3.04. The molecule has 0 aliphatic carbocycles. The number of allylic oxidation sites excluding steroid dienone is 1. The molecule has 2 amide bonds. The van der Waals surface area contributed by atoms with E-state index < -0.39 is 5.97 Å². The maximum atomic E-state index is 11.7. The summed E-state index contributed by atoms with van der Waals surface area (Å²) in [5.74, 6) is -0.407. The molecule has 2 N–H and O–H groups in total. The average molecular weight is 325 g/mol. The normalized spacial score (nSPS) is 11.0. The monoisotopic (exact) mass is 324 g/mol. The van der Waals surface area contributed by atoms with Gasteiger partial charge in [0.25, 0.3) is 0 Å². The van der Waals surface area contributed by atoms with E-state index in [4.69, 9.17) is 16.3 Å². The van der Waals surface area contributed by atoms with Gasteiger partial charge in [-0.2, -0.15) is 0 Å². The van der Waals surface area contributed by atoms with Crippen LogP contribution < -0.4 is 10.6 Å². The number of ether oxygens (including phenoxy) is 1. The lowest BCUT2D eigenvalue weighted by molar-refractivity contribution is -0.137. The van der Waals surface area contributed by atoms with Crippen molar-refractivity contribution < 1.29 is 14.3 Å². The highest BCUT2D eigenvalue weighted by Gasteiger charge is 2.03. The summed E-state index contributed by atoms with van der Waals surface area (Å²) in [5.41, 5.74) is 1.66. The first-order chi connectivity index (χ1) is 10.5. The second-order valence-corrected chi connectivity index (χ2v) is 5.08. The molecule has 0 aliphatic heterocycles. The zero-order valence-electron chi connectivity index (χ0n) is 12.8. The van der Waals surface area contributed by atoms with Crippen LogP contribution in [0, 0.1) is 0 Å². The van der Waals surface area contributed by atoms with Crippen LogP contribution in [0.15, 0.2) is 30.3 Å². The molecule has 0 bridgehead atoms. The fraction of sp³-hybridized carbons (Fsp3) is 0.375. The van der Waals surface area contributed by atoms with Crippen molar-refractivity contribution in [3.8, 4) is 0 Å². The van der Waals surface area contributed by atoms with Gasteiger partial charge in [-0.1, -0.05) is 23.7 Å². The highest BCUT2D eigenvalue weighted by molar-refractivity contribution is 6.30. The van der Waals surface area contributed by atoms with Gasteiger partial charge in [0.15, 0.2) is 0 Å². The fourth-order valence-corrected chi connectivity index (χ4v) is 1.90. The minimum Gasteiger partial charge on any atom is -0.462 e. The van der Waals surface area contributed by atoms with Gasteiger partial charge < -0.3 is 15.4 Å². The second kappa shape index (κ2) is 9.84. The molecule has 1 rings (SSSR count). The van der Waals surface area contributed by atoms with Crippen LogP contribution >= 0.6 is 11.6 Å². The quantitative estimate of drug-likeness (QED) is 0.460. The standard InChI is InChI=1S/C16H21ClN2O3/c1-3-18-16(21)19-8-5-9-22-15(20)10-12(2)13-6-4-7-14(17)11-13/h4,6-7,10-11H,3,5,8-9H2,1-2H3,(H2,18,19,21)/b12-10+. The largest absolute Gasteiger partial charge is 0.462 e. The summed E-state index contributed by atoms with van der Waals surface area (Å²) in [6, 6.07) is 7.05. The number of benzene rings is 1. The van der Waals surface area contributed by atoms with E-state index >= 15 is 0 Å². The number of amides is 2. The fourth-order valence-electron chi connectivity index (χ4n) is 1.71. The summed E-state index contributed by atoms with van der Waals surface area (Å²) < 4.78 is 5.09. The molecule has 120 valence electrons. The lowest BCUT2D eigenvalue weighted by Crippen LogP contribution is -2.36. The summed E-state index contributed by atoms with van der Waals surface area (Å²) in [7, 11) is 0. The van der Waals surface area contributed by atoms with Gasteiger partial charge in [-0.15, -0.1) is 0 Å². The molecule has 1 aromatic carbocycles. The first-order valence-electron chi connectivity index (χ1n) is 7.15. The van der Waals surface area contributed by atoms with Gasteiger partial charge in [0, 0.05) is 24.2 Å². The Morgan fingerprint density at radius 1 is 1.32 bits per heavy atom. The Morgan fingerprint density at radius 3 is 2.77 bits per heavy atom. The number of rotatable bonds is 7. The molecule has 0 heterocycles. The molecule has 22 heavy (non-hydrogen) atoms. The van der Waals surface area contributed by atoms with Crippen molar-refractivity contribution in [3.63, 3.8) is 0 Å². The van der Waals surface area contributed by atoms with Crippen LogP contribution in [-0.4, -0.2) is 31.7 Å². The van der Waals surface area contributed by atoms with Gasteiger partial charge in [-0.25, -0.2) is 9.59 Å². The highest BCUT2D eigenvalue weighted by Crippen LogP contribution is 2.18. The molecule has 0 saturated heterocycles. The van der Waals surface area contributed by atoms with Crippen LogP contribution in [0.1, 0.15) is 25.8 Å². The van der Waals surface area contributed by atoms with Crippen LogP contribution in [0.5, 0.6) is 0 Å². The second-order valence-electron chi connectivity index (χ2n) is 4.64. The van der Waals surface area contributed by atoms with Crippen LogP contribution in [0.2, 0.25) is 5.02 Å².